The lowest BCUT2D eigenvalue weighted by Crippen LogP contribution is -2.41. The van der Waals surface area contributed by atoms with Gasteiger partial charge in [-0.2, -0.15) is 26.3 Å². The molecule has 1 fully saturated rings. The largest absolute Gasteiger partial charge is 0.417 e. The molecule has 0 radical (unpaired) electrons. The van der Waals surface area contributed by atoms with E-state index in [4.69, 9.17) is 11.6 Å². The Morgan fingerprint density at radius 1 is 1.03 bits per heavy atom. The van der Waals surface area contributed by atoms with E-state index in [1.807, 2.05) is 0 Å². The van der Waals surface area contributed by atoms with Crippen molar-refractivity contribution in [2.75, 3.05) is 24.5 Å². The minimum Gasteiger partial charge on any atom is -0.356 e. The van der Waals surface area contributed by atoms with E-state index in [1.165, 1.54) is 12.1 Å². The van der Waals surface area contributed by atoms with Gasteiger partial charge in [-0.1, -0.05) is 23.7 Å². The molecule has 174 valence electrons. The Kier molecular flexibility index (Phi) is 7.22. The number of rotatable bonds is 5. The fourth-order valence-electron chi connectivity index (χ4n) is 3.51. The van der Waals surface area contributed by atoms with Crippen molar-refractivity contribution in [3.05, 3.63) is 58.2 Å². The fourth-order valence-corrected chi connectivity index (χ4v) is 3.79. The monoisotopic (exact) mass is 479 g/mol. The Hall–Kier alpha value is -2.49. The first-order chi connectivity index (χ1) is 14.9. The first-order valence-corrected chi connectivity index (χ1v) is 10.2. The number of nitrogens with zero attached hydrogens (tertiary/aromatic N) is 2. The van der Waals surface area contributed by atoms with E-state index in [-0.39, 0.29) is 29.2 Å². The molecule has 11 heteroatoms. The number of halogens is 7. The molecule has 1 aliphatic rings. The minimum absolute atomic E-state index is 0.0979. The number of amides is 1. The van der Waals surface area contributed by atoms with Crippen LogP contribution in [0.4, 0.5) is 32.2 Å². The highest BCUT2D eigenvalue weighted by Crippen LogP contribution is 2.34. The summed E-state index contributed by atoms with van der Waals surface area (Å²) in [4.78, 5) is 18.0. The van der Waals surface area contributed by atoms with E-state index < -0.39 is 23.5 Å². The third-order valence-corrected chi connectivity index (χ3v) is 5.59. The quantitative estimate of drug-likeness (QED) is 0.588. The molecule has 4 nitrogen and oxygen atoms in total. The van der Waals surface area contributed by atoms with Gasteiger partial charge in [-0.25, -0.2) is 4.98 Å². The normalized spacial score (nSPS) is 15.7. The molecule has 0 aliphatic carbocycles. The number of alkyl halides is 6. The van der Waals surface area contributed by atoms with Crippen molar-refractivity contribution >= 4 is 23.3 Å². The highest BCUT2D eigenvalue weighted by molar-refractivity contribution is 6.33. The summed E-state index contributed by atoms with van der Waals surface area (Å²) in [5.74, 6) is -0.184. The summed E-state index contributed by atoms with van der Waals surface area (Å²) < 4.78 is 76.0. The third kappa shape index (κ3) is 6.05. The molecule has 2 heterocycles. The average Bonchev–Trinajstić information content (AvgIpc) is 2.73. The second-order valence-electron chi connectivity index (χ2n) is 7.52. The van der Waals surface area contributed by atoms with Crippen molar-refractivity contribution < 1.29 is 31.1 Å². The zero-order valence-electron chi connectivity index (χ0n) is 16.7. The Bertz CT molecular complexity index is 938. The maximum absolute atomic E-state index is 12.8. The van der Waals surface area contributed by atoms with Gasteiger partial charge >= 0.3 is 12.4 Å². The summed E-state index contributed by atoms with van der Waals surface area (Å²) in [5.41, 5.74) is -0.968. The molecule has 0 spiro atoms. The number of hydrogen-bond acceptors (Lipinski definition) is 3. The number of carbonyl (C=O) groups excluding carboxylic acids is 1. The molecule has 1 aliphatic heterocycles. The van der Waals surface area contributed by atoms with Gasteiger partial charge in [0.25, 0.3) is 0 Å². The molecule has 3 rings (SSSR count). The molecule has 1 N–H and O–H groups in total. The smallest absolute Gasteiger partial charge is 0.356 e. The first kappa shape index (κ1) is 24.2. The lowest BCUT2D eigenvalue weighted by atomic mass is 9.95. The first-order valence-electron chi connectivity index (χ1n) is 9.86. The van der Waals surface area contributed by atoms with E-state index >= 15 is 0 Å². The van der Waals surface area contributed by atoms with Crippen molar-refractivity contribution in [2.24, 2.45) is 5.92 Å². The summed E-state index contributed by atoms with van der Waals surface area (Å²) in [6, 6.07) is 5.62. The molecule has 0 unspecified atom stereocenters. The standard InChI is InChI=1S/C21H20ClF6N3O/c22-17-11-16(21(26,27)28)12-30-18(17)31-9-6-14(7-10-31)19(32)29-8-5-13-1-3-15(4-2-13)20(23,24)25/h1-4,11-12,14H,5-10H2,(H,29,32). The van der Waals surface area contributed by atoms with Gasteiger partial charge in [-0.05, 0) is 43.0 Å². The number of hydrogen-bond donors (Lipinski definition) is 1. The van der Waals surface area contributed by atoms with E-state index in [2.05, 4.69) is 10.3 Å². The van der Waals surface area contributed by atoms with Gasteiger partial charge in [0.15, 0.2) is 0 Å². The van der Waals surface area contributed by atoms with Crippen LogP contribution in [0.1, 0.15) is 29.5 Å². The number of aromatic nitrogens is 1. The van der Waals surface area contributed by atoms with Crippen LogP contribution in [-0.2, 0) is 23.6 Å². The van der Waals surface area contributed by atoms with Crippen LogP contribution in [0.25, 0.3) is 0 Å². The molecular formula is C21H20ClF6N3O. The summed E-state index contributed by atoms with van der Waals surface area (Å²) in [7, 11) is 0. The predicted molar refractivity (Wildman–Crippen MR) is 107 cm³/mol. The lowest BCUT2D eigenvalue weighted by Gasteiger charge is -2.32. The molecule has 1 saturated heterocycles. The van der Waals surface area contributed by atoms with Gasteiger partial charge in [0.05, 0.1) is 16.1 Å². The maximum atomic E-state index is 12.8. The van der Waals surface area contributed by atoms with E-state index in [9.17, 15) is 31.1 Å². The Morgan fingerprint density at radius 3 is 2.16 bits per heavy atom. The Morgan fingerprint density at radius 2 is 1.62 bits per heavy atom. The highest BCUT2D eigenvalue weighted by Gasteiger charge is 2.33. The van der Waals surface area contributed by atoms with Crippen LogP contribution in [0.15, 0.2) is 36.5 Å². The van der Waals surface area contributed by atoms with Crippen LogP contribution in [-0.4, -0.2) is 30.5 Å². The van der Waals surface area contributed by atoms with Crippen LogP contribution >= 0.6 is 11.6 Å². The molecule has 1 aromatic carbocycles. The van der Waals surface area contributed by atoms with Gasteiger partial charge in [-0.3, -0.25) is 4.79 Å². The summed E-state index contributed by atoms with van der Waals surface area (Å²) in [6.07, 6.45) is -6.83. The summed E-state index contributed by atoms with van der Waals surface area (Å²) in [6.45, 7) is 1.11. The fraction of sp³-hybridized carbons (Fsp3) is 0.429. The van der Waals surface area contributed by atoms with Crippen molar-refractivity contribution in [3.63, 3.8) is 0 Å². The zero-order chi connectivity index (χ0) is 23.5. The molecule has 0 saturated carbocycles. The number of benzene rings is 1. The molecular weight excluding hydrogens is 460 g/mol. The molecule has 0 bridgehead atoms. The molecule has 32 heavy (non-hydrogen) atoms. The average molecular weight is 480 g/mol. The van der Waals surface area contributed by atoms with E-state index in [0.717, 1.165) is 24.4 Å². The van der Waals surface area contributed by atoms with Crippen LogP contribution in [0.2, 0.25) is 5.02 Å². The van der Waals surface area contributed by atoms with Crippen LogP contribution < -0.4 is 10.2 Å². The predicted octanol–water partition coefficient (Wildman–Crippen LogP) is 5.35. The minimum atomic E-state index is -4.53. The van der Waals surface area contributed by atoms with Crippen LogP contribution in [0, 0.1) is 5.92 Å². The number of anilines is 1. The number of piperidine rings is 1. The highest BCUT2D eigenvalue weighted by atomic mass is 35.5. The maximum Gasteiger partial charge on any atom is 0.417 e. The van der Waals surface area contributed by atoms with E-state index in [1.54, 1.807) is 4.90 Å². The van der Waals surface area contributed by atoms with Gasteiger partial charge in [-0.15, -0.1) is 0 Å². The summed E-state index contributed by atoms with van der Waals surface area (Å²) >= 11 is 5.98. The van der Waals surface area contributed by atoms with Gasteiger partial charge in [0, 0.05) is 31.7 Å². The van der Waals surface area contributed by atoms with E-state index in [0.29, 0.717) is 37.9 Å². The molecule has 0 atom stereocenters. The Balaban J connectivity index is 1.46. The topological polar surface area (TPSA) is 45.2 Å². The number of carbonyl (C=O) groups is 1. The number of pyridine rings is 1. The third-order valence-electron chi connectivity index (χ3n) is 5.31. The van der Waals surface area contributed by atoms with Crippen molar-refractivity contribution in [1.29, 1.82) is 0 Å². The Labute approximate surface area is 185 Å². The van der Waals surface area contributed by atoms with Crippen molar-refractivity contribution in [2.45, 2.75) is 31.6 Å². The number of nitrogens with one attached hydrogen (secondary N) is 1. The van der Waals surface area contributed by atoms with Crippen LogP contribution in [0.3, 0.4) is 0 Å². The SMILES string of the molecule is O=C(NCCc1ccc(C(F)(F)F)cc1)C1CCN(c2ncc(C(F)(F)F)cc2Cl)CC1. The van der Waals surface area contributed by atoms with Crippen LogP contribution in [0.5, 0.6) is 0 Å². The second kappa shape index (κ2) is 9.56. The molecule has 1 amide bonds. The second-order valence-corrected chi connectivity index (χ2v) is 7.93. The van der Waals surface area contributed by atoms with Gasteiger partial charge < -0.3 is 10.2 Å². The van der Waals surface area contributed by atoms with Gasteiger partial charge in [0.2, 0.25) is 5.91 Å². The zero-order valence-corrected chi connectivity index (χ0v) is 17.5. The van der Waals surface area contributed by atoms with Gasteiger partial charge in [0.1, 0.15) is 5.82 Å². The van der Waals surface area contributed by atoms with Crippen molar-refractivity contribution in [1.82, 2.24) is 10.3 Å². The summed E-state index contributed by atoms with van der Waals surface area (Å²) in [5, 5.41) is 2.69. The lowest BCUT2D eigenvalue weighted by molar-refractivity contribution is -0.138. The molecule has 2 aromatic rings. The molecule has 1 aromatic heterocycles. The van der Waals surface area contributed by atoms with Crippen molar-refractivity contribution in [3.8, 4) is 0 Å².